The van der Waals surface area contributed by atoms with Crippen LogP contribution in [0.4, 0.5) is 0 Å². The third kappa shape index (κ3) is 7.47. The fraction of sp³-hybridized carbons (Fsp3) is 0.682. The minimum absolute atomic E-state index is 0.521. The third-order valence-electron chi connectivity index (χ3n) is 5.15. The number of hydrogen-bond acceptors (Lipinski definition) is 4. The van der Waals surface area contributed by atoms with E-state index in [1.165, 1.54) is 37.7 Å². The maximum absolute atomic E-state index is 5.81. The number of rotatable bonds is 10. The van der Waals surface area contributed by atoms with Gasteiger partial charge in [0.05, 0.1) is 13.7 Å². The summed E-state index contributed by atoms with van der Waals surface area (Å²) in [7, 11) is 5.91. The molecule has 1 N–H and O–H groups in total. The molecule has 6 heteroatoms. The van der Waals surface area contributed by atoms with Gasteiger partial charge in [-0.1, -0.05) is 25.3 Å². The van der Waals surface area contributed by atoms with Crippen LogP contribution in [0.2, 0.25) is 0 Å². The Morgan fingerprint density at radius 1 is 1.14 bits per heavy atom. The van der Waals surface area contributed by atoms with E-state index in [9.17, 15) is 0 Å². The minimum atomic E-state index is 0.521. The summed E-state index contributed by atoms with van der Waals surface area (Å²) >= 11 is 5.81. The van der Waals surface area contributed by atoms with E-state index in [-0.39, 0.29) is 0 Å². The van der Waals surface area contributed by atoms with Gasteiger partial charge in [0.2, 0.25) is 0 Å². The number of methoxy groups -OCH3 is 1. The van der Waals surface area contributed by atoms with E-state index in [0.29, 0.717) is 12.6 Å². The lowest BCUT2D eigenvalue weighted by Crippen LogP contribution is -2.45. The molecule has 1 aliphatic rings. The Labute approximate surface area is 176 Å². The normalized spacial score (nSPS) is 14.8. The van der Waals surface area contributed by atoms with Gasteiger partial charge < -0.3 is 24.6 Å². The first-order valence-corrected chi connectivity index (χ1v) is 10.9. The van der Waals surface area contributed by atoms with Gasteiger partial charge >= 0.3 is 0 Å². The van der Waals surface area contributed by atoms with Crippen molar-refractivity contribution in [1.29, 1.82) is 0 Å². The lowest BCUT2D eigenvalue weighted by Gasteiger charge is -2.31. The van der Waals surface area contributed by atoms with Crippen molar-refractivity contribution < 1.29 is 9.47 Å². The lowest BCUT2D eigenvalue weighted by molar-refractivity contribution is 0.309. The Morgan fingerprint density at radius 2 is 1.89 bits per heavy atom. The van der Waals surface area contributed by atoms with Crippen molar-refractivity contribution in [2.75, 3.05) is 40.9 Å². The van der Waals surface area contributed by atoms with Crippen LogP contribution in [0.3, 0.4) is 0 Å². The van der Waals surface area contributed by atoms with E-state index in [4.69, 9.17) is 21.7 Å². The van der Waals surface area contributed by atoms with Crippen molar-refractivity contribution in [1.82, 2.24) is 15.1 Å². The second-order valence-corrected chi connectivity index (χ2v) is 8.17. The van der Waals surface area contributed by atoms with E-state index in [1.54, 1.807) is 7.11 Å². The smallest absolute Gasteiger partial charge is 0.169 e. The molecule has 1 aromatic rings. The number of nitrogens with zero attached hydrogens (tertiary/aromatic N) is 2. The van der Waals surface area contributed by atoms with Crippen LogP contribution in [0.1, 0.15) is 51.0 Å². The minimum Gasteiger partial charge on any atom is -0.493 e. The summed E-state index contributed by atoms with van der Waals surface area (Å²) in [5, 5.41) is 4.50. The Hall–Kier alpha value is -1.53. The molecule has 0 saturated heterocycles. The molecule has 1 fully saturated rings. The van der Waals surface area contributed by atoms with Gasteiger partial charge in [0.15, 0.2) is 16.6 Å². The number of thiocarbonyl (C=S) groups is 1. The monoisotopic (exact) mass is 407 g/mol. The largest absolute Gasteiger partial charge is 0.493 e. The number of nitrogens with one attached hydrogen (secondary N) is 1. The van der Waals surface area contributed by atoms with Crippen LogP contribution in [-0.4, -0.2) is 61.9 Å². The highest BCUT2D eigenvalue weighted by Crippen LogP contribution is 2.28. The van der Waals surface area contributed by atoms with Crippen LogP contribution >= 0.6 is 12.2 Å². The Morgan fingerprint density at radius 3 is 2.54 bits per heavy atom. The van der Waals surface area contributed by atoms with E-state index in [2.05, 4.69) is 41.3 Å². The second-order valence-electron chi connectivity index (χ2n) is 7.78. The zero-order valence-electron chi connectivity index (χ0n) is 18.0. The zero-order chi connectivity index (χ0) is 20.4. The highest BCUT2D eigenvalue weighted by atomic mass is 32.1. The molecule has 1 saturated carbocycles. The van der Waals surface area contributed by atoms with Gasteiger partial charge in [0, 0.05) is 19.1 Å². The molecule has 2 rings (SSSR count). The predicted octanol–water partition coefficient (Wildman–Crippen LogP) is 4.05. The van der Waals surface area contributed by atoms with Gasteiger partial charge in [-0.05, 0) is 76.7 Å². The van der Waals surface area contributed by atoms with Gasteiger partial charge in [0.1, 0.15) is 0 Å². The first-order valence-electron chi connectivity index (χ1n) is 10.5. The van der Waals surface area contributed by atoms with E-state index < -0.39 is 0 Å². The molecule has 0 aromatic heterocycles. The van der Waals surface area contributed by atoms with E-state index in [0.717, 1.165) is 42.7 Å². The fourth-order valence-corrected chi connectivity index (χ4v) is 3.97. The van der Waals surface area contributed by atoms with Crippen molar-refractivity contribution in [2.24, 2.45) is 0 Å². The summed E-state index contributed by atoms with van der Waals surface area (Å²) in [6.07, 6.45) is 7.48. The van der Waals surface area contributed by atoms with Crippen molar-refractivity contribution in [3.63, 3.8) is 0 Å². The maximum Gasteiger partial charge on any atom is 0.169 e. The molecule has 0 atom stereocenters. The van der Waals surface area contributed by atoms with Gasteiger partial charge in [0.25, 0.3) is 0 Å². The molecule has 28 heavy (non-hydrogen) atoms. The zero-order valence-corrected chi connectivity index (χ0v) is 18.8. The molecular weight excluding hydrogens is 370 g/mol. The Balaban J connectivity index is 2.05. The molecule has 0 unspecified atom stereocenters. The molecule has 158 valence electrons. The quantitative estimate of drug-likeness (QED) is 0.590. The van der Waals surface area contributed by atoms with E-state index >= 15 is 0 Å². The Bertz CT molecular complexity index is 603. The van der Waals surface area contributed by atoms with Crippen LogP contribution < -0.4 is 14.8 Å². The molecule has 1 aromatic carbocycles. The average Bonchev–Trinajstić information content (AvgIpc) is 2.69. The maximum atomic E-state index is 5.81. The number of ether oxygens (including phenoxy) is 2. The van der Waals surface area contributed by atoms with E-state index in [1.807, 2.05) is 13.0 Å². The van der Waals surface area contributed by atoms with Gasteiger partial charge in [-0.3, -0.25) is 0 Å². The van der Waals surface area contributed by atoms with Crippen LogP contribution in [0.25, 0.3) is 0 Å². The summed E-state index contributed by atoms with van der Waals surface area (Å²) in [4.78, 5) is 4.51. The Kier molecular flexibility index (Phi) is 9.85. The van der Waals surface area contributed by atoms with Gasteiger partial charge in [-0.15, -0.1) is 0 Å². The lowest BCUT2D eigenvalue weighted by atomic mass is 9.96. The first kappa shape index (κ1) is 22.8. The van der Waals surface area contributed by atoms with Crippen LogP contribution in [0, 0.1) is 0 Å². The van der Waals surface area contributed by atoms with Crippen molar-refractivity contribution >= 4 is 17.3 Å². The van der Waals surface area contributed by atoms with Gasteiger partial charge in [-0.2, -0.15) is 0 Å². The highest BCUT2D eigenvalue weighted by Gasteiger charge is 2.18. The van der Waals surface area contributed by atoms with Crippen LogP contribution in [-0.2, 0) is 6.54 Å². The summed E-state index contributed by atoms with van der Waals surface area (Å²) in [5.41, 5.74) is 1.18. The summed E-state index contributed by atoms with van der Waals surface area (Å²) < 4.78 is 11.2. The molecule has 0 amide bonds. The molecule has 0 aliphatic heterocycles. The van der Waals surface area contributed by atoms with Crippen molar-refractivity contribution in [3.05, 3.63) is 23.8 Å². The molecule has 0 spiro atoms. The summed E-state index contributed by atoms with van der Waals surface area (Å²) in [5.74, 6) is 1.56. The molecule has 5 nitrogen and oxygen atoms in total. The number of benzene rings is 1. The third-order valence-corrected chi connectivity index (χ3v) is 5.53. The SMILES string of the molecule is CCOc1ccc(CN(CCCN(C)C)C(=S)NC2CCCCC2)cc1OC. The van der Waals surface area contributed by atoms with Crippen LogP contribution in [0.5, 0.6) is 11.5 Å². The van der Waals surface area contributed by atoms with Gasteiger partial charge in [-0.25, -0.2) is 0 Å². The summed E-state index contributed by atoms with van der Waals surface area (Å²) in [6.45, 7) is 5.37. The molecule has 0 radical (unpaired) electrons. The van der Waals surface area contributed by atoms with Crippen LogP contribution in [0.15, 0.2) is 18.2 Å². The average molecular weight is 408 g/mol. The molecule has 0 bridgehead atoms. The fourth-order valence-electron chi connectivity index (χ4n) is 3.65. The predicted molar refractivity (Wildman–Crippen MR) is 120 cm³/mol. The first-order chi connectivity index (χ1) is 13.5. The second kappa shape index (κ2) is 12.1. The number of hydrogen-bond donors (Lipinski definition) is 1. The van der Waals surface area contributed by atoms with Crippen molar-refractivity contribution in [3.8, 4) is 11.5 Å². The molecule has 1 aliphatic carbocycles. The standard InChI is InChI=1S/C22H37N3O2S/c1-5-27-20-13-12-18(16-21(20)26-4)17-25(15-9-14-24(2)3)22(28)23-19-10-7-6-8-11-19/h12-13,16,19H,5-11,14-15,17H2,1-4H3,(H,23,28). The highest BCUT2D eigenvalue weighted by molar-refractivity contribution is 7.80. The molecular formula is C22H37N3O2S. The topological polar surface area (TPSA) is 37.0 Å². The summed E-state index contributed by atoms with van der Waals surface area (Å²) in [6, 6.07) is 6.68. The van der Waals surface area contributed by atoms with Crippen molar-refractivity contribution in [2.45, 2.75) is 58.0 Å². The molecule has 0 heterocycles.